The van der Waals surface area contributed by atoms with Gasteiger partial charge in [0, 0.05) is 26.2 Å². The van der Waals surface area contributed by atoms with Crippen LogP contribution in [0.1, 0.15) is 32.1 Å². The van der Waals surface area contributed by atoms with Crippen molar-refractivity contribution in [2.24, 2.45) is 17.8 Å². The maximum atomic E-state index is 12.4. The highest BCUT2D eigenvalue weighted by Gasteiger charge is 2.43. The average molecular weight is 296 g/mol. The van der Waals surface area contributed by atoms with Crippen molar-refractivity contribution < 1.29 is 14.3 Å². The van der Waals surface area contributed by atoms with Gasteiger partial charge in [-0.1, -0.05) is 0 Å². The molecule has 4 bridgehead atoms. The van der Waals surface area contributed by atoms with Gasteiger partial charge >= 0.3 is 6.03 Å². The summed E-state index contributed by atoms with van der Waals surface area (Å²) in [5.41, 5.74) is 0. The summed E-state index contributed by atoms with van der Waals surface area (Å²) in [6.45, 7) is 3.30. The molecule has 5 nitrogen and oxygen atoms in total. The Morgan fingerprint density at radius 2 is 1.76 bits per heavy atom. The third-order valence-electron chi connectivity index (χ3n) is 5.32. The first-order valence-electron chi connectivity index (χ1n) is 8.37. The molecular formula is C16H28N2O3. The molecule has 21 heavy (non-hydrogen) atoms. The van der Waals surface area contributed by atoms with Crippen LogP contribution in [0.2, 0.25) is 0 Å². The van der Waals surface area contributed by atoms with Crippen LogP contribution in [-0.4, -0.2) is 57.0 Å². The Labute approximate surface area is 127 Å². The van der Waals surface area contributed by atoms with Crippen molar-refractivity contribution in [2.75, 3.05) is 40.0 Å². The van der Waals surface area contributed by atoms with Gasteiger partial charge in [0.1, 0.15) is 0 Å². The molecule has 0 radical (unpaired) electrons. The molecule has 2 amide bonds. The number of carbonyl (C=O) groups excluding carboxylic acids is 1. The number of urea groups is 1. The average Bonchev–Trinajstić information content (AvgIpc) is 2.66. The smallest absolute Gasteiger partial charge is 0.317 e. The number of methoxy groups -OCH3 is 1. The van der Waals surface area contributed by atoms with Crippen molar-refractivity contribution in [1.29, 1.82) is 0 Å². The second-order valence-electron chi connectivity index (χ2n) is 6.92. The van der Waals surface area contributed by atoms with E-state index < -0.39 is 0 Å². The highest BCUT2D eigenvalue weighted by Crippen LogP contribution is 2.47. The van der Waals surface area contributed by atoms with Crippen LogP contribution in [0.3, 0.4) is 0 Å². The molecule has 4 fully saturated rings. The lowest BCUT2D eigenvalue weighted by Crippen LogP contribution is -2.48. The van der Waals surface area contributed by atoms with Crippen molar-refractivity contribution in [3.63, 3.8) is 0 Å². The number of ether oxygens (including phenoxy) is 2. The van der Waals surface area contributed by atoms with Gasteiger partial charge in [-0.3, -0.25) is 0 Å². The summed E-state index contributed by atoms with van der Waals surface area (Å²) < 4.78 is 10.3. The predicted octanol–water partition coefficient (Wildman–Crippen LogP) is 1.87. The zero-order valence-corrected chi connectivity index (χ0v) is 13.1. The molecule has 0 aromatic heterocycles. The van der Waals surface area contributed by atoms with Crippen molar-refractivity contribution >= 4 is 6.03 Å². The van der Waals surface area contributed by atoms with E-state index >= 15 is 0 Å². The fourth-order valence-corrected chi connectivity index (χ4v) is 4.61. The summed E-state index contributed by atoms with van der Waals surface area (Å²) in [5.74, 6) is 2.50. The van der Waals surface area contributed by atoms with Crippen LogP contribution < -0.4 is 5.32 Å². The minimum atomic E-state index is 0.114. The van der Waals surface area contributed by atoms with Crippen LogP contribution >= 0.6 is 0 Å². The second-order valence-corrected chi connectivity index (χ2v) is 6.92. The minimum absolute atomic E-state index is 0.114. The van der Waals surface area contributed by atoms with E-state index in [4.69, 9.17) is 9.47 Å². The summed E-state index contributed by atoms with van der Waals surface area (Å²) in [5, 5.41) is 3.02. The molecule has 2 unspecified atom stereocenters. The van der Waals surface area contributed by atoms with Crippen molar-refractivity contribution in [2.45, 2.75) is 38.1 Å². The molecule has 5 heteroatoms. The number of hydrogen-bond donors (Lipinski definition) is 1. The first kappa shape index (κ1) is 15.1. The predicted molar refractivity (Wildman–Crippen MR) is 80.1 cm³/mol. The van der Waals surface area contributed by atoms with E-state index in [-0.39, 0.29) is 6.03 Å². The van der Waals surface area contributed by atoms with Gasteiger partial charge in [0.05, 0.1) is 19.8 Å². The molecule has 0 aromatic carbocycles. The van der Waals surface area contributed by atoms with E-state index in [0.29, 0.717) is 32.4 Å². The van der Waals surface area contributed by atoms with Gasteiger partial charge in [0.2, 0.25) is 0 Å². The fraction of sp³-hybridized carbons (Fsp3) is 0.938. The number of nitrogens with one attached hydrogen (secondary N) is 1. The fourth-order valence-electron chi connectivity index (χ4n) is 4.61. The van der Waals surface area contributed by atoms with Crippen molar-refractivity contribution in [3.05, 3.63) is 0 Å². The van der Waals surface area contributed by atoms with E-state index in [1.807, 2.05) is 0 Å². The normalized spacial score (nSPS) is 34.0. The number of nitrogens with zero attached hydrogens (tertiary/aromatic N) is 1. The first-order chi connectivity index (χ1) is 10.3. The van der Waals surface area contributed by atoms with Gasteiger partial charge in [-0.05, 0) is 49.9 Å². The quantitative estimate of drug-likeness (QED) is 0.761. The molecule has 4 aliphatic rings. The van der Waals surface area contributed by atoms with E-state index in [1.54, 1.807) is 7.11 Å². The largest absolute Gasteiger partial charge is 0.382 e. The molecule has 120 valence electrons. The van der Waals surface area contributed by atoms with Crippen LogP contribution in [0, 0.1) is 17.8 Å². The Bertz CT molecular complexity index is 349. The number of carbonyl (C=O) groups is 1. The monoisotopic (exact) mass is 296 g/mol. The highest BCUT2D eigenvalue weighted by molar-refractivity contribution is 5.74. The molecule has 2 heterocycles. The molecule has 2 atom stereocenters. The maximum Gasteiger partial charge on any atom is 0.317 e. The van der Waals surface area contributed by atoms with E-state index in [9.17, 15) is 4.79 Å². The molecule has 0 spiro atoms. The molecule has 2 aliphatic carbocycles. The Hall–Kier alpha value is -0.810. The van der Waals surface area contributed by atoms with Gasteiger partial charge in [-0.2, -0.15) is 0 Å². The number of amides is 2. The van der Waals surface area contributed by atoms with Crippen molar-refractivity contribution in [3.8, 4) is 0 Å². The highest BCUT2D eigenvalue weighted by atomic mass is 16.5. The van der Waals surface area contributed by atoms with Gasteiger partial charge in [-0.15, -0.1) is 0 Å². The van der Waals surface area contributed by atoms with Crippen LogP contribution in [0.4, 0.5) is 4.79 Å². The summed E-state index contributed by atoms with van der Waals surface area (Å²) in [6.07, 6.45) is 6.55. The van der Waals surface area contributed by atoms with E-state index in [2.05, 4.69) is 10.2 Å². The number of fused-ring (bicyclic) bond motifs is 1. The molecule has 2 saturated carbocycles. The van der Waals surface area contributed by atoms with E-state index in [1.165, 1.54) is 32.1 Å². The maximum absolute atomic E-state index is 12.4. The first-order valence-corrected chi connectivity index (χ1v) is 8.37. The zero-order chi connectivity index (χ0) is 14.7. The SMILES string of the molecule is COCCOCCNC(=O)N1CC2CC3CC(C2)CC1C3. The van der Waals surface area contributed by atoms with Crippen LogP contribution in [0.15, 0.2) is 0 Å². The minimum Gasteiger partial charge on any atom is -0.382 e. The summed E-state index contributed by atoms with van der Waals surface area (Å²) >= 11 is 0. The molecule has 2 aliphatic heterocycles. The lowest BCUT2D eigenvalue weighted by atomic mass is 9.68. The summed E-state index contributed by atoms with van der Waals surface area (Å²) in [4.78, 5) is 14.6. The third kappa shape index (κ3) is 3.69. The Kier molecular flexibility index (Phi) is 5.01. The lowest BCUT2D eigenvalue weighted by Gasteiger charge is -2.38. The number of rotatable bonds is 6. The van der Waals surface area contributed by atoms with Gasteiger partial charge in [0.25, 0.3) is 0 Å². The standard InChI is InChI=1S/C16H28N2O3/c1-20-4-5-21-3-2-17-16(19)18-11-14-7-12-6-13(8-14)10-15(18)9-12/h12-15H,2-11H2,1H3,(H,17,19). The molecule has 1 N–H and O–H groups in total. The van der Waals surface area contributed by atoms with Crippen LogP contribution in [-0.2, 0) is 9.47 Å². The van der Waals surface area contributed by atoms with Gasteiger partial charge in [0.15, 0.2) is 0 Å². The zero-order valence-electron chi connectivity index (χ0n) is 13.1. The summed E-state index contributed by atoms with van der Waals surface area (Å²) in [6, 6.07) is 0.596. The molecule has 0 aromatic rings. The molecule has 2 saturated heterocycles. The van der Waals surface area contributed by atoms with E-state index in [0.717, 1.165) is 24.3 Å². The third-order valence-corrected chi connectivity index (χ3v) is 5.32. The van der Waals surface area contributed by atoms with Crippen LogP contribution in [0.5, 0.6) is 0 Å². The lowest BCUT2D eigenvalue weighted by molar-refractivity contribution is 0.0714. The molecular weight excluding hydrogens is 268 g/mol. The number of hydrogen-bond acceptors (Lipinski definition) is 3. The Morgan fingerprint density at radius 3 is 2.48 bits per heavy atom. The van der Waals surface area contributed by atoms with Gasteiger partial charge < -0.3 is 19.7 Å². The second kappa shape index (κ2) is 6.97. The summed E-state index contributed by atoms with van der Waals surface area (Å²) in [7, 11) is 1.66. The topological polar surface area (TPSA) is 50.8 Å². The Morgan fingerprint density at radius 1 is 1.05 bits per heavy atom. The molecule has 4 rings (SSSR count). The van der Waals surface area contributed by atoms with Gasteiger partial charge in [-0.25, -0.2) is 4.79 Å². The van der Waals surface area contributed by atoms with Crippen LogP contribution in [0.25, 0.3) is 0 Å². The van der Waals surface area contributed by atoms with Crippen molar-refractivity contribution in [1.82, 2.24) is 10.2 Å². The Balaban J connectivity index is 1.44.